The molecule has 2 fully saturated rings. The molecular weight excluding hydrogens is 394 g/mol. The Morgan fingerprint density at radius 3 is 2.55 bits per heavy atom. The van der Waals surface area contributed by atoms with Crippen LogP contribution in [-0.2, 0) is 10.0 Å². The minimum atomic E-state index is -3.65. The number of aromatic nitrogens is 3. The molecule has 0 atom stereocenters. The topological polar surface area (TPSA) is 112 Å². The number of piperidine rings is 1. The third-order valence-corrected chi connectivity index (χ3v) is 7.51. The number of benzene rings is 1. The lowest BCUT2D eigenvalue weighted by molar-refractivity contribution is 0.308. The van der Waals surface area contributed by atoms with Gasteiger partial charge in [-0.3, -0.25) is 4.98 Å². The first-order chi connectivity index (χ1) is 14.0. The summed E-state index contributed by atoms with van der Waals surface area (Å²) in [5.41, 5.74) is 0.729. The van der Waals surface area contributed by atoms with Crippen molar-refractivity contribution in [2.75, 3.05) is 18.0 Å². The van der Waals surface area contributed by atoms with E-state index in [9.17, 15) is 13.2 Å². The average molecular weight is 415 g/mol. The first kappa shape index (κ1) is 18.3. The standard InChI is InChI=1S/C19H21N5O4S/c25-19-22-16-4-3-15(11-17(16)28-19)29(26,27)23-9-6-14(7-10-23)24(13-1-2-13)18-5-8-20-12-21-18/h3-5,8,11-14H,1-2,6-7,9-10H2,(H,22,25). The van der Waals surface area contributed by atoms with Crippen LogP contribution in [0.3, 0.4) is 0 Å². The Hall–Kier alpha value is -2.72. The molecule has 0 spiro atoms. The lowest BCUT2D eigenvalue weighted by atomic mass is 10.0. The quantitative estimate of drug-likeness (QED) is 0.675. The minimum absolute atomic E-state index is 0.140. The van der Waals surface area contributed by atoms with Crippen molar-refractivity contribution < 1.29 is 12.8 Å². The molecule has 0 bridgehead atoms. The fraction of sp³-hybridized carbons (Fsp3) is 0.421. The van der Waals surface area contributed by atoms with Gasteiger partial charge in [0.25, 0.3) is 0 Å². The molecule has 1 aliphatic heterocycles. The number of H-pyrrole nitrogens is 1. The van der Waals surface area contributed by atoms with Crippen molar-refractivity contribution in [3.05, 3.63) is 47.3 Å². The molecule has 3 aromatic rings. The van der Waals surface area contributed by atoms with E-state index in [0.717, 1.165) is 31.5 Å². The summed E-state index contributed by atoms with van der Waals surface area (Å²) < 4.78 is 32.7. The van der Waals surface area contributed by atoms with Gasteiger partial charge in [0.2, 0.25) is 10.0 Å². The van der Waals surface area contributed by atoms with Gasteiger partial charge in [-0.25, -0.2) is 23.2 Å². The van der Waals surface area contributed by atoms with E-state index < -0.39 is 15.8 Å². The molecule has 1 aliphatic carbocycles. The Balaban J connectivity index is 1.34. The van der Waals surface area contributed by atoms with Gasteiger partial charge in [0.05, 0.1) is 10.4 Å². The smallest absolute Gasteiger partial charge is 0.408 e. The lowest BCUT2D eigenvalue weighted by Crippen LogP contribution is -2.48. The molecule has 3 heterocycles. The van der Waals surface area contributed by atoms with Gasteiger partial charge >= 0.3 is 5.76 Å². The number of hydrogen-bond donors (Lipinski definition) is 1. The summed E-state index contributed by atoms with van der Waals surface area (Å²) in [5.74, 6) is 0.317. The van der Waals surface area contributed by atoms with Crippen LogP contribution in [0.1, 0.15) is 25.7 Å². The van der Waals surface area contributed by atoms with Crippen molar-refractivity contribution in [2.24, 2.45) is 0 Å². The number of aromatic amines is 1. The van der Waals surface area contributed by atoms with Gasteiger partial charge in [-0.1, -0.05) is 0 Å². The number of nitrogens with one attached hydrogen (secondary N) is 1. The van der Waals surface area contributed by atoms with Crippen molar-refractivity contribution in [3.8, 4) is 0 Å². The van der Waals surface area contributed by atoms with Gasteiger partial charge in [0.1, 0.15) is 12.1 Å². The molecule has 10 heteroatoms. The largest absolute Gasteiger partial charge is 0.417 e. The summed E-state index contributed by atoms with van der Waals surface area (Å²) in [5, 5.41) is 0. The van der Waals surface area contributed by atoms with Crippen molar-refractivity contribution in [1.29, 1.82) is 0 Å². The molecule has 0 unspecified atom stereocenters. The first-order valence-corrected chi connectivity index (χ1v) is 11.1. The highest BCUT2D eigenvalue weighted by atomic mass is 32.2. The van der Waals surface area contributed by atoms with Crippen LogP contribution in [0.4, 0.5) is 5.82 Å². The minimum Gasteiger partial charge on any atom is -0.408 e. The van der Waals surface area contributed by atoms with Crippen LogP contribution in [0, 0.1) is 0 Å². The van der Waals surface area contributed by atoms with E-state index in [1.165, 1.54) is 16.4 Å². The molecule has 29 heavy (non-hydrogen) atoms. The van der Waals surface area contributed by atoms with Crippen LogP contribution in [0.2, 0.25) is 0 Å². The van der Waals surface area contributed by atoms with Gasteiger partial charge in [0, 0.05) is 37.4 Å². The fourth-order valence-corrected chi connectivity index (χ4v) is 5.54. The van der Waals surface area contributed by atoms with E-state index in [-0.39, 0.29) is 16.5 Å². The number of oxazole rings is 1. The summed E-state index contributed by atoms with van der Waals surface area (Å²) in [6, 6.07) is 7.13. The summed E-state index contributed by atoms with van der Waals surface area (Å²) >= 11 is 0. The Morgan fingerprint density at radius 2 is 1.86 bits per heavy atom. The van der Waals surface area contributed by atoms with Crippen LogP contribution in [0.25, 0.3) is 11.1 Å². The molecular formula is C19H21N5O4S. The number of hydrogen-bond acceptors (Lipinski definition) is 7. The zero-order valence-corrected chi connectivity index (χ0v) is 16.5. The first-order valence-electron chi connectivity index (χ1n) is 9.70. The van der Waals surface area contributed by atoms with Crippen LogP contribution >= 0.6 is 0 Å². The third kappa shape index (κ3) is 3.42. The number of anilines is 1. The highest BCUT2D eigenvalue weighted by Crippen LogP contribution is 2.35. The summed E-state index contributed by atoms with van der Waals surface area (Å²) in [6.45, 7) is 0.882. The van der Waals surface area contributed by atoms with Crippen LogP contribution in [0.15, 0.2) is 50.9 Å². The van der Waals surface area contributed by atoms with Crippen molar-refractivity contribution >= 4 is 26.9 Å². The maximum Gasteiger partial charge on any atom is 0.417 e. The second-order valence-corrected chi connectivity index (χ2v) is 9.45. The average Bonchev–Trinajstić information content (AvgIpc) is 3.48. The molecule has 2 aromatic heterocycles. The molecule has 1 saturated heterocycles. The Bertz CT molecular complexity index is 1180. The zero-order valence-electron chi connectivity index (χ0n) is 15.7. The maximum absolute atomic E-state index is 13.1. The normalized spacial score (nSPS) is 18.9. The molecule has 5 rings (SSSR count). The molecule has 0 radical (unpaired) electrons. The van der Waals surface area contributed by atoms with Crippen LogP contribution in [-0.4, -0.2) is 52.8 Å². The summed E-state index contributed by atoms with van der Waals surface area (Å²) in [4.78, 5) is 24.7. The van der Waals surface area contributed by atoms with Crippen molar-refractivity contribution in [2.45, 2.75) is 42.7 Å². The Labute approximate surface area is 167 Å². The van der Waals surface area contributed by atoms with Gasteiger partial charge in [-0.05, 0) is 43.9 Å². The SMILES string of the molecule is O=c1[nH]c2ccc(S(=O)(=O)N3CCC(N(c4ccncn4)C4CC4)CC3)cc2o1. The Kier molecular flexibility index (Phi) is 4.39. The molecule has 9 nitrogen and oxygen atoms in total. The molecule has 1 N–H and O–H groups in total. The van der Waals surface area contributed by atoms with Crippen LogP contribution in [0.5, 0.6) is 0 Å². The highest BCUT2D eigenvalue weighted by Gasteiger charge is 2.38. The number of nitrogens with zero attached hydrogens (tertiary/aromatic N) is 4. The predicted octanol–water partition coefficient (Wildman–Crippen LogP) is 1.73. The van der Waals surface area contributed by atoms with E-state index in [1.807, 2.05) is 6.07 Å². The highest BCUT2D eigenvalue weighted by molar-refractivity contribution is 7.89. The van der Waals surface area contributed by atoms with Crippen molar-refractivity contribution in [3.63, 3.8) is 0 Å². The zero-order chi connectivity index (χ0) is 20.0. The third-order valence-electron chi connectivity index (χ3n) is 5.62. The van der Waals surface area contributed by atoms with Gasteiger partial charge in [-0.2, -0.15) is 4.31 Å². The van der Waals surface area contributed by atoms with E-state index in [1.54, 1.807) is 18.6 Å². The summed E-state index contributed by atoms with van der Waals surface area (Å²) in [6.07, 6.45) is 7.06. The fourth-order valence-electron chi connectivity index (χ4n) is 4.06. The van der Waals surface area contributed by atoms with Gasteiger partial charge in [0.15, 0.2) is 5.58 Å². The molecule has 2 aliphatic rings. The number of sulfonamides is 1. The van der Waals surface area contributed by atoms with Gasteiger partial charge < -0.3 is 9.32 Å². The second-order valence-electron chi connectivity index (χ2n) is 7.51. The molecule has 0 amide bonds. The maximum atomic E-state index is 13.1. The van der Waals surface area contributed by atoms with Crippen LogP contribution < -0.4 is 10.7 Å². The van der Waals surface area contributed by atoms with Gasteiger partial charge in [-0.15, -0.1) is 0 Å². The summed E-state index contributed by atoms with van der Waals surface area (Å²) in [7, 11) is -3.65. The van der Waals surface area contributed by atoms with E-state index in [4.69, 9.17) is 4.42 Å². The number of fused-ring (bicyclic) bond motifs is 1. The molecule has 1 saturated carbocycles. The second kappa shape index (κ2) is 6.96. The molecule has 152 valence electrons. The predicted molar refractivity (Wildman–Crippen MR) is 106 cm³/mol. The Morgan fingerprint density at radius 1 is 1.10 bits per heavy atom. The molecule has 1 aromatic carbocycles. The van der Waals surface area contributed by atoms with E-state index in [0.29, 0.717) is 24.6 Å². The monoisotopic (exact) mass is 415 g/mol. The van der Waals surface area contributed by atoms with E-state index in [2.05, 4.69) is 19.9 Å². The number of rotatable bonds is 5. The van der Waals surface area contributed by atoms with E-state index >= 15 is 0 Å². The lowest BCUT2D eigenvalue weighted by Gasteiger charge is -2.38. The van der Waals surface area contributed by atoms with Crippen molar-refractivity contribution in [1.82, 2.24) is 19.3 Å².